The number of nitrogens with one attached hydrogen (secondary N) is 1. The molecule has 1 atom stereocenters. The van der Waals surface area contributed by atoms with Crippen molar-refractivity contribution in [3.63, 3.8) is 0 Å². The molecule has 14 heavy (non-hydrogen) atoms. The smallest absolute Gasteiger partial charge is 0.0729 e. The summed E-state index contributed by atoms with van der Waals surface area (Å²) < 4.78 is 7.06. The second kappa shape index (κ2) is 5.78. The highest BCUT2D eigenvalue weighted by molar-refractivity contribution is 5.06. The molecular formula is C10H19N3O. The molecular weight excluding hydrogens is 178 g/mol. The van der Waals surface area contributed by atoms with Crippen molar-refractivity contribution in [1.29, 1.82) is 0 Å². The van der Waals surface area contributed by atoms with E-state index in [1.54, 1.807) is 7.11 Å². The van der Waals surface area contributed by atoms with Crippen molar-refractivity contribution in [3.05, 3.63) is 18.0 Å². The minimum Gasteiger partial charge on any atom is -0.383 e. The number of ether oxygens (including phenoxy) is 1. The third-order valence-corrected chi connectivity index (χ3v) is 2.19. The molecule has 1 unspecified atom stereocenters. The molecule has 0 saturated carbocycles. The summed E-state index contributed by atoms with van der Waals surface area (Å²) in [7, 11) is 3.67. The van der Waals surface area contributed by atoms with Gasteiger partial charge in [0.2, 0.25) is 0 Å². The monoisotopic (exact) mass is 197 g/mol. The second-order valence-electron chi connectivity index (χ2n) is 3.34. The largest absolute Gasteiger partial charge is 0.383 e. The number of rotatable bonds is 6. The number of aromatic nitrogens is 2. The highest BCUT2D eigenvalue weighted by Gasteiger charge is 2.13. The van der Waals surface area contributed by atoms with Gasteiger partial charge in [-0.3, -0.25) is 4.68 Å². The van der Waals surface area contributed by atoms with Gasteiger partial charge in [0.15, 0.2) is 0 Å². The summed E-state index contributed by atoms with van der Waals surface area (Å²) in [6.07, 6.45) is 2.93. The second-order valence-corrected chi connectivity index (χ2v) is 3.34. The van der Waals surface area contributed by atoms with E-state index in [0.29, 0.717) is 6.61 Å². The molecule has 1 N–H and O–H groups in total. The molecule has 0 saturated heterocycles. The lowest BCUT2D eigenvalue weighted by molar-refractivity contribution is 0.164. The Hall–Kier alpha value is -0.870. The Bertz CT molecular complexity index is 260. The Morgan fingerprint density at radius 1 is 1.64 bits per heavy atom. The number of hydrogen-bond donors (Lipinski definition) is 1. The van der Waals surface area contributed by atoms with Crippen LogP contribution in [0.2, 0.25) is 0 Å². The van der Waals surface area contributed by atoms with Crippen LogP contribution in [0.5, 0.6) is 0 Å². The van der Waals surface area contributed by atoms with Gasteiger partial charge in [-0.05, 0) is 19.0 Å². The summed E-state index contributed by atoms with van der Waals surface area (Å²) in [5.41, 5.74) is 1.17. The maximum atomic E-state index is 5.18. The van der Waals surface area contributed by atoms with Crippen molar-refractivity contribution in [2.24, 2.45) is 7.05 Å². The minimum atomic E-state index is 0.243. The minimum absolute atomic E-state index is 0.243. The van der Waals surface area contributed by atoms with E-state index in [-0.39, 0.29) is 6.04 Å². The first-order valence-electron chi connectivity index (χ1n) is 4.99. The van der Waals surface area contributed by atoms with E-state index in [4.69, 9.17) is 4.74 Å². The first kappa shape index (κ1) is 11.2. The fourth-order valence-corrected chi connectivity index (χ4v) is 1.46. The summed E-state index contributed by atoms with van der Waals surface area (Å²) in [6, 6.07) is 2.26. The van der Waals surface area contributed by atoms with Gasteiger partial charge in [0.1, 0.15) is 0 Å². The molecule has 1 heterocycles. The van der Waals surface area contributed by atoms with Gasteiger partial charge in [-0.2, -0.15) is 5.10 Å². The van der Waals surface area contributed by atoms with Crippen LogP contribution in [0.3, 0.4) is 0 Å². The van der Waals surface area contributed by atoms with Crippen molar-refractivity contribution in [3.8, 4) is 0 Å². The highest BCUT2D eigenvalue weighted by Crippen LogP contribution is 2.11. The van der Waals surface area contributed by atoms with Crippen LogP contribution < -0.4 is 5.32 Å². The normalized spacial score (nSPS) is 13.1. The lowest BCUT2D eigenvalue weighted by Gasteiger charge is -2.17. The molecule has 0 radical (unpaired) electrons. The molecule has 0 aliphatic rings. The summed E-state index contributed by atoms with van der Waals surface area (Å²) in [4.78, 5) is 0. The number of hydrogen-bond acceptors (Lipinski definition) is 3. The fourth-order valence-electron chi connectivity index (χ4n) is 1.46. The molecule has 0 fully saturated rings. The van der Waals surface area contributed by atoms with E-state index in [9.17, 15) is 0 Å². The van der Waals surface area contributed by atoms with Crippen LogP contribution in [0.4, 0.5) is 0 Å². The Morgan fingerprint density at radius 2 is 2.43 bits per heavy atom. The summed E-state index contributed by atoms with van der Waals surface area (Å²) in [5, 5.41) is 7.58. The summed E-state index contributed by atoms with van der Waals surface area (Å²) in [5.74, 6) is 0. The van der Waals surface area contributed by atoms with Crippen LogP contribution in [0.1, 0.15) is 25.1 Å². The van der Waals surface area contributed by atoms with Crippen LogP contribution in [-0.4, -0.2) is 30.0 Å². The zero-order valence-corrected chi connectivity index (χ0v) is 9.16. The molecule has 0 amide bonds. The van der Waals surface area contributed by atoms with Gasteiger partial charge in [0, 0.05) is 20.4 Å². The molecule has 1 aromatic heterocycles. The van der Waals surface area contributed by atoms with Crippen LogP contribution in [0, 0.1) is 0 Å². The molecule has 4 heteroatoms. The average molecular weight is 197 g/mol. The Kier molecular flexibility index (Phi) is 4.62. The zero-order valence-electron chi connectivity index (χ0n) is 9.16. The highest BCUT2D eigenvalue weighted by atomic mass is 16.5. The van der Waals surface area contributed by atoms with Gasteiger partial charge >= 0.3 is 0 Å². The SMILES string of the molecule is CCCNC(COC)c1ccnn1C. The predicted octanol–water partition coefficient (Wildman–Crippen LogP) is 1.11. The van der Waals surface area contributed by atoms with Crippen molar-refractivity contribution >= 4 is 0 Å². The van der Waals surface area contributed by atoms with Crippen molar-refractivity contribution in [2.45, 2.75) is 19.4 Å². The van der Waals surface area contributed by atoms with Crippen molar-refractivity contribution < 1.29 is 4.74 Å². The van der Waals surface area contributed by atoms with E-state index in [0.717, 1.165) is 13.0 Å². The maximum Gasteiger partial charge on any atom is 0.0729 e. The number of methoxy groups -OCH3 is 1. The van der Waals surface area contributed by atoms with Gasteiger partial charge in [-0.15, -0.1) is 0 Å². The molecule has 1 rings (SSSR count). The molecule has 80 valence electrons. The Morgan fingerprint density at radius 3 is 2.93 bits per heavy atom. The number of aryl methyl sites for hydroxylation is 1. The molecule has 0 aliphatic carbocycles. The number of nitrogens with zero attached hydrogens (tertiary/aromatic N) is 2. The van der Waals surface area contributed by atoms with Gasteiger partial charge < -0.3 is 10.1 Å². The van der Waals surface area contributed by atoms with E-state index in [2.05, 4.69) is 17.3 Å². The van der Waals surface area contributed by atoms with E-state index in [1.807, 2.05) is 24.0 Å². The summed E-state index contributed by atoms with van der Waals surface area (Å²) >= 11 is 0. The topological polar surface area (TPSA) is 39.1 Å². The molecule has 4 nitrogen and oxygen atoms in total. The van der Waals surface area contributed by atoms with Crippen LogP contribution in [-0.2, 0) is 11.8 Å². The van der Waals surface area contributed by atoms with Gasteiger partial charge in [-0.25, -0.2) is 0 Å². The lowest BCUT2D eigenvalue weighted by atomic mass is 10.2. The first-order chi connectivity index (χ1) is 6.79. The Labute approximate surface area is 85.3 Å². The van der Waals surface area contributed by atoms with Crippen molar-refractivity contribution in [2.75, 3.05) is 20.3 Å². The van der Waals surface area contributed by atoms with Crippen molar-refractivity contribution in [1.82, 2.24) is 15.1 Å². The third kappa shape index (κ3) is 2.82. The quantitative estimate of drug-likeness (QED) is 0.742. The van der Waals surface area contributed by atoms with Crippen LogP contribution in [0.15, 0.2) is 12.3 Å². The molecule has 1 aromatic rings. The van der Waals surface area contributed by atoms with Crippen LogP contribution >= 0.6 is 0 Å². The Balaban J connectivity index is 2.62. The zero-order chi connectivity index (χ0) is 10.4. The molecule has 0 spiro atoms. The maximum absolute atomic E-state index is 5.18. The molecule has 0 aromatic carbocycles. The summed E-state index contributed by atoms with van der Waals surface area (Å²) in [6.45, 7) is 3.83. The lowest BCUT2D eigenvalue weighted by Crippen LogP contribution is -2.27. The van der Waals surface area contributed by atoms with E-state index >= 15 is 0 Å². The fraction of sp³-hybridized carbons (Fsp3) is 0.700. The predicted molar refractivity (Wildman–Crippen MR) is 56.1 cm³/mol. The first-order valence-corrected chi connectivity index (χ1v) is 4.99. The molecule has 0 aliphatic heterocycles. The van der Waals surface area contributed by atoms with Gasteiger partial charge in [-0.1, -0.05) is 6.92 Å². The van der Waals surface area contributed by atoms with Crippen LogP contribution in [0.25, 0.3) is 0 Å². The average Bonchev–Trinajstić information content (AvgIpc) is 2.59. The third-order valence-electron chi connectivity index (χ3n) is 2.19. The van der Waals surface area contributed by atoms with Gasteiger partial charge in [0.25, 0.3) is 0 Å². The molecule has 0 bridgehead atoms. The van der Waals surface area contributed by atoms with E-state index in [1.165, 1.54) is 5.69 Å². The standard InChI is InChI=1S/C10H19N3O/c1-4-6-11-9(8-14-3)10-5-7-12-13(10)2/h5,7,9,11H,4,6,8H2,1-3H3. The van der Waals surface area contributed by atoms with E-state index < -0.39 is 0 Å². The van der Waals surface area contributed by atoms with Gasteiger partial charge in [0.05, 0.1) is 18.3 Å².